The minimum atomic E-state index is 0.0788. The van der Waals surface area contributed by atoms with Crippen molar-refractivity contribution < 1.29 is 0 Å². The highest BCUT2D eigenvalue weighted by molar-refractivity contribution is 5.46. The Morgan fingerprint density at radius 3 is 1.91 bits per heavy atom. The molecule has 1 aromatic heterocycles. The van der Waals surface area contributed by atoms with E-state index in [2.05, 4.69) is 18.8 Å². The van der Waals surface area contributed by atoms with Gasteiger partial charge in [0, 0.05) is 11.6 Å². The van der Waals surface area contributed by atoms with Crippen molar-refractivity contribution in [2.45, 2.75) is 89.9 Å². The third-order valence-corrected chi connectivity index (χ3v) is 5.58. The van der Waals surface area contributed by atoms with Gasteiger partial charge < -0.3 is 5.73 Å². The van der Waals surface area contributed by atoms with Gasteiger partial charge in [-0.2, -0.15) is 0 Å². The van der Waals surface area contributed by atoms with Crippen molar-refractivity contribution in [3.05, 3.63) is 24.0 Å². The molecule has 1 aromatic rings. The summed E-state index contributed by atoms with van der Waals surface area (Å²) in [5.41, 5.74) is 8.26. The van der Waals surface area contributed by atoms with Gasteiger partial charge in [-0.3, -0.25) is 4.98 Å². The molecule has 22 heavy (non-hydrogen) atoms. The number of anilines is 1. The molecule has 2 nitrogen and oxygen atoms in total. The maximum atomic E-state index is 6.22. The van der Waals surface area contributed by atoms with Gasteiger partial charge in [-0.15, -0.1) is 0 Å². The Kier molecular flexibility index (Phi) is 6.72. The molecule has 124 valence electrons. The minimum Gasteiger partial charge on any atom is -0.397 e. The van der Waals surface area contributed by atoms with Crippen LogP contribution in [0.5, 0.6) is 0 Å². The van der Waals surface area contributed by atoms with Gasteiger partial charge in [0.2, 0.25) is 0 Å². The Balaban J connectivity index is 2.08. The minimum absolute atomic E-state index is 0.0788. The van der Waals surface area contributed by atoms with Crippen molar-refractivity contribution in [3.8, 4) is 0 Å². The van der Waals surface area contributed by atoms with Crippen molar-refractivity contribution in [1.29, 1.82) is 0 Å². The smallest absolute Gasteiger partial charge is 0.0691 e. The monoisotopic (exact) mass is 302 g/mol. The zero-order valence-corrected chi connectivity index (χ0v) is 14.6. The number of rotatable bonds is 2. The summed E-state index contributed by atoms with van der Waals surface area (Å²) in [6, 6.07) is 3.94. The van der Waals surface area contributed by atoms with Crippen LogP contribution in [0.1, 0.15) is 90.2 Å². The van der Waals surface area contributed by atoms with Crippen molar-refractivity contribution in [2.75, 3.05) is 5.73 Å². The number of nitrogens with two attached hydrogens (primary N) is 1. The fourth-order valence-corrected chi connectivity index (χ4v) is 4.03. The second kappa shape index (κ2) is 8.55. The molecular formula is C20H34N2. The molecule has 0 radical (unpaired) electrons. The molecule has 1 aliphatic carbocycles. The predicted molar refractivity (Wildman–Crippen MR) is 96.0 cm³/mol. The van der Waals surface area contributed by atoms with Gasteiger partial charge in [-0.1, -0.05) is 71.6 Å². The van der Waals surface area contributed by atoms with Crippen LogP contribution in [-0.2, 0) is 5.41 Å². The van der Waals surface area contributed by atoms with E-state index >= 15 is 0 Å². The number of pyridine rings is 1. The fraction of sp³-hybridized carbons (Fsp3) is 0.750. The Hall–Kier alpha value is -1.05. The maximum Gasteiger partial charge on any atom is 0.0691 e. The lowest BCUT2D eigenvalue weighted by molar-refractivity contribution is 0.257. The van der Waals surface area contributed by atoms with E-state index in [4.69, 9.17) is 5.73 Å². The Labute approximate surface area is 136 Å². The normalized spacial score (nSPS) is 20.1. The largest absolute Gasteiger partial charge is 0.397 e. The van der Waals surface area contributed by atoms with Crippen LogP contribution in [0.3, 0.4) is 0 Å². The van der Waals surface area contributed by atoms with Crippen LogP contribution in [0.2, 0.25) is 0 Å². The molecule has 1 saturated carbocycles. The van der Waals surface area contributed by atoms with Gasteiger partial charge in [0.25, 0.3) is 0 Å². The summed E-state index contributed by atoms with van der Waals surface area (Å²) in [5, 5.41) is 0. The van der Waals surface area contributed by atoms with Crippen molar-refractivity contribution in [3.63, 3.8) is 0 Å². The SMILES string of the molecule is CC(C)(c1ncccc1N)C1CCCCCCCCCCC1. The van der Waals surface area contributed by atoms with E-state index in [9.17, 15) is 0 Å². The number of nitrogens with zero attached hydrogens (tertiary/aromatic N) is 1. The number of hydrogen-bond acceptors (Lipinski definition) is 2. The first kappa shape index (κ1) is 17.3. The molecule has 0 saturated heterocycles. The third-order valence-electron chi connectivity index (χ3n) is 5.58. The molecule has 0 atom stereocenters. The molecular weight excluding hydrogens is 268 g/mol. The molecule has 2 rings (SSSR count). The van der Waals surface area contributed by atoms with Gasteiger partial charge in [-0.05, 0) is 30.9 Å². The highest BCUT2D eigenvalue weighted by Gasteiger charge is 2.33. The van der Waals surface area contributed by atoms with E-state index in [0.29, 0.717) is 5.92 Å². The van der Waals surface area contributed by atoms with E-state index in [-0.39, 0.29) is 5.41 Å². The summed E-state index contributed by atoms with van der Waals surface area (Å²) in [6.07, 6.45) is 17.2. The topological polar surface area (TPSA) is 38.9 Å². The van der Waals surface area contributed by atoms with E-state index in [0.717, 1.165) is 11.4 Å². The van der Waals surface area contributed by atoms with Crippen LogP contribution in [0.25, 0.3) is 0 Å². The highest BCUT2D eigenvalue weighted by Crippen LogP contribution is 2.39. The second-order valence-electron chi connectivity index (χ2n) is 7.62. The molecule has 0 bridgehead atoms. The first-order valence-corrected chi connectivity index (χ1v) is 9.33. The predicted octanol–water partition coefficient (Wildman–Crippen LogP) is 5.86. The number of hydrogen-bond donors (Lipinski definition) is 1. The summed E-state index contributed by atoms with van der Waals surface area (Å²) in [5.74, 6) is 0.698. The van der Waals surface area contributed by atoms with Gasteiger partial charge in [0.1, 0.15) is 0 Å². The lowest BCUT2D eigenvalue weighted by Gasteiger charge is -2.35. The average Bonchev–Trinajstić information content (AvgIpc) is 2.48. The average molecular weight is 303 g/mol. The van der Waals surface area contributed by atoms with Crippen molar-refractivity contribution in [2.24, 2.45) is 5.92 Å². The van der Waals surface area contributed by atoms with Gasteiger partial charge >= 0.3 is 0 Å². The quantitative estimate of drug-likeness (QED) is 0.742. The standard InChI is InChI=1S/C20H34N2/c1-20(2,19-18(21)15-12-16-22-19)17-13-10-8-6-4-3-5-7-9-11-14-17/h12,15-17H,3-11,13-14,21H2,1-2H3. The third kappa shape index (κ3) is 4.72. The Morgan fingerprint density at radius 2 is 1.41 bits per heavy atom. The maximum absolute atomic E-state index is 6.22. The summed E-state index contributed by atoms with van der Waals surface area (Å²) in [4.78, 5) is 4.63. The van der Waals surface area contributed by atoms with Gasteiger partial charge in [0.15, 0.2) is 0 Å². The van der Waals surface area contributed by atoms with Crippen LogP contribution >= 0.6 is 0 Å². The van der Waals surface area contributed by atoms with Gasteiger partial charge in [0.05, 0.1) is 11.4 Å². The van der Waals surface area contributed by atoms with E-state index in [1.165, 1.54) is 70.6 Å². The van der Waals surface area contributed by atoms with Crippen LogP contribution in [0.15, 0.2) is 18.3 Å². The number of aromatic nitrogens is 1. The summed E-state index contributed by atoms with van der Waals surface area (Å²) in [7, 11) is 0. The first-order chi connectivity index (χ1) is 10.6. The Morgan fingerprint density at radius 1 is 0.909 bits per heavy atom. The highest BCUT2D eigenvalue weighted by atomic mass is 14.8. The molecule has 2 N–H and O–H groups in total. The van der Waals surface area contributed by atoms with Crippen LogP contribution in [-0.4, -0.2) is 4.98 Å². The number of nitrogen functional groups attached to an aromatic ring is 1. The van der Waals surface area contributed by atoms with E-state index < -0.39 is 0 Å². The zero-order valence-electron chi connectivity index (χ0n) is 14.6. The molecule has 0 aromatic carbocycles. The molecule has 0 unspecified atom stereocenters. The summed E-state index contributed by atoms with van der Waals surface area (Å²) >= 11 is 0. The van der Waals surface area contributed by atoms with Crippen LogP contribution in [0.4, 0.5) is 5.69 Å². The summed E-state index contributed by atoms with van der Waals surface area (Å²) in [6.45, 7) is 4.70. The second-order valence-corrected chi connectivity index (χ2v) is 7.62. The van der Waals surface area contributed by atoms with E-state index in [1.807, 2.05) is 18.3 Å². The Bertz CT molecular complexity index is 427. The fourth-order valence-electron chi connectivity index (χ4n) is 4.03. The van der Waals surface area contributed by atoms with Crippen molar-refractivity contribution >= 4 is 5.69 Å². The lowest BCUT2D eigenvalue weighted by Crippen LogP contribution is -2.31. The van der Waals surface area contributed by atoms with E-state index in [1.54, 1.807) is 0 Å². The molecule has 2 heteroatoms. The van der Waals surface area contributed by atoms with Crippen molar-refractivity contribution in [1.82, 2.24) is 4.98 Å². The molecule has 0 aliphatic heterocycles. The zero-order chi connectivity index (χ0) is 15.8. The van der Waals surface area contributed by atoms with Crippen LogP contribution < -0.4 is 5.73 Å². The van der Waals surface area contributed by atoms with Gasteiger partial charge in [-0.25, -0.2) is 0 Å². The van der Waals surface area contributed by atoms with Crippen LogP contribution in [0, 0.1) is 5.92 Å². The summed E-state index contributed by atoms with van der Waals surface area (Å²) < 4.78 is 0. The molecule has 1 heterocycles. The molecule has 0 amide bonds. The molecule has 0 spiro atoms. The molecule has 1 aliphatic rings. The lowest BCUT2D eigenvalue weighted by atomic mass is 9.70. The molecule has 1 fully saturated rings. The first-order valence-electron chi connectivity index (χ1n) is 9.33.